The highest BCUT2D eigenvalue weighted by molar-refractivity contribution is 6.30. The molecule has 1 aliphatic rings. The van der Waals surface area contributed by atoms with Gasteiger partial charge in [0.05, 0.1) is 0 Å². The molecule has 0 atom stereocenters. The first-order valence-corrected chi connectivity index (χ1v) is 6.38. The maximum Gasteiger partial charge on any atom is 0.123 e. The molecule has 3 heteroatoms. The van der Waals surface area contributed by atoms with Crippen molar-refractivity contribution in [2.45, 2.75) is 13.0 Å². The van der Waals surface area contributed by atoms with Crippen molar-refractivity contribution in [1.29, 1.82) is 0 Å². The van der Waals surface area contributed by atoms with Gasteiger partial charge in [-0.3, -0.25) is 0 Å². The van der Waals surface area contributed by atoms with Gasteiger partial charge in [0.25, 0.3) is 0 Å². The van der Waals surface area contributed by atoms with Crippen LogP contribution in [0, 0.1) is 5.82 Å². The summed E-state index contributed by atoms with van der Waals surface area (Å²) in [7, 11) is 0. The van der Waals surface area contributed by atoms with Gasteiger partial charge < -0.3 is 4.90 Å². The predicted octanol–water partition coefficient (Wildman–Crippen LogP) is 4.04. The summed E-state index contributed by atoms with van der Waals surface area (Å²) in [5.74, 6) is -0.148. The minimum atomic E-state index is -0.148. The van der Waals surface area contributed by atoms with Crippen LogP contribution in [0.3, 0.4) is 0 Å². The molecular formula is C15H13ClFN. The molecule has 0 amide bonds. The SMILES string of the molecule is Fc1ccc2c(c1)CCN(c1cccc(Cl)c1)C2. The average molecular weight is 262 g/mol. The number of anilines is 1. The lowest BCUT2D eigenvalue weighted by atomic mass is 9.99. The maximum absolute atomic E-state index is 13.1. The molecule has 1 heterocycles. The fourth-order valence-corrected chi connectivity index (χ4v) is 2.60. The Labute approximate surface area is 111 Å². The van der Waals surface area contributed by atoms with Crippen LogP contribution in [0.1, 0.15) is 11.1 Å². The van der Waals surface area contributed by atoms with E-state index in [-0.39, 0.29) is 5.82 Å². The van der Waals surface area contributed by atoms with Crippen molar-refractivity contribution >= 4 is 17.3 Å². The summed E-state index contributed by atoms with van der Waals surface area (Å²) >= 11 is 6.01. The van der Waals surface area contributed by atoms with Crippen molar-refractivity contribution in [3.8, 4) is 0 Å². The van der Waals surface area contributed by atoms with Crippen molar-refractivity contribution < 1.29 is 4.39 Å². The highest BCUT2D eigenvalue weighted by Crippen LogP contribution is 2.26. The lowest BCUT2D eigenvalue weighted by Crippen LogP contribution is -2.30. The van der Waals surface area contributed by atoms with E-state index in [0.29, 0.717) is 0 Å². The first kappa shape index (κ1) is 11.5. The highest BCUT2D eigenvalue weighted by atomic mass is 35.5. The molecule has 0 aliphatic carbocycles. The van der Waals surface area contributed by atoms with E-state index in [1.807, 2.05) is 24.3 Å². The fourth-order valence-electron chi connectivity index (χ4n) is 2.41. The van der Waals surface area contributed by atoms with Crippen molar-refractivity contribution in [2.24, 2.45) is 0 Å². The molecule has 3 rings (SSSR count). The van der Waals surface area contributed by atoms with Gasteiger partial charge in [-0.15, -0.1) is 0 Å². The van der Waals surface area contributed by atoms with Crippen LogP contribution >= 0.6 is 11.6 Å². The van der Waals surface area contributed by atoms with Gasteiger partial charge in [0.1, 0.15) is 5.82 Å². The van der Waals surface area contributed by atoms with Gasteiger partial charge in [0, 0.05) is 23.8 Å². The van der Waals surface area contributed by atoms with Gasteiger partial charge in [0.15, 0.2) is 0 Å². The molecule has 2 aromatic carbocycles. The third-order valence-electron chi connectivity index (χ3n) is 3.35. The van der Waals surface area contributed by atoms with Crippen LogP contribution in [-0.2, 0) is 13.0 Å². The molecule has 2 aromatic rings. The zero-order chi connectivity index (χ0) is 12.5. The van der Waals surface area contributed by atoms with E-state index < -0.39 is 0 Å². The fraction of sp³-hybridized carbons (Fsp3) is 0.200. The summed E-state index contributed by atoms with van der Waals surface area (Å²) in [5, 5.41) is 0.748. The summed E-state index contributed by atoms with van der Waals surface area (Å²) in [6.45, 7) is 1.72. The van der Waals surface area contributed by atoms with Crippen molar-refractivity contribution in [3.05, 3.63) is 64.4 Å². The van der Waals surface area contributed by atoms with Crippen LogP contribution in [0.25, 0.3) is 0 Å². The molecule has 1 aliphatic heterocycles. The van der Waals surface area contributed by atoms with Crippen LogP contribution < -0.4 is 4.90 Å². The molecule has 1 nitrogen and oxygen atoms in total. The van der Waals surface area contributed by atoms with Crippen molar-refractivity contribution in [3.63, 3.8) is 0 Å². The average Bonchev–Trinajstić information content (AvgIpc) is 2.38. The van der Waals surface area contributed by atoms with Gasteiger partial charge >= 0.3 is 0 Å². The van der Waals surface area contributed by atoms with E-state index in [1.54, 1.807) is 6.07 Å². The Morgan fingerprint density at radius 3 is 2.78 bits per heavy atom. The molecule has 18 heavy (non-hydrogen) atoms. The quantitative estimate of drug-likeness (QED) is 0.749. The monoisotopic (exact) mass is 261 g/mol. The number of hydrogen-bond acceptors (Lipinski definition) is 1. The van der Waals surface area contributed by atoms with Gasteiger partial charge in [-0.05, 0) is 47.9 Å². The summed E-state index contributed by atoms with van der Waals surface area (Å²) in [6, 6.07) is 12.9. The van der Waals surface area contributed by atoms with Crippen LogP contribution in [0.15, 0.2) is 42.5 Å². The van der Waals surface area contributed by atoms with E-state index in [2.05, 4.69) is 11.0 Å². The Morgan fingerprint density at radius 1 is 1.06 bits per heavy atom. The number of halogens is 2. The molecule has 0 aromatic heterocycles. The Kier molecular flexibility index (Phi) is 2.96. The number of fused-ring (bicyclic) bond motifs is 1. The Balaban J connectivity index is 1.89. The van der Waals surface area contributed by atoms with Crippen LogP contribution in [0.4, 0.5) is 10.1 Å². The normalized spacial score (nSPS) is 14.4. The minimum Gasteiger partial charge on any atom is -0.367 e. The Hall–Kier alpha value is -1.54. The molecule has 0 unspecified atom stereocenters. The van der Waals surface area contributed by atoms with Crippen LogP contribution in [-0.4, -0.2) is 6.54 Å². The number of rotatable bonds is 1. The largest absolute Gasteiger partial charge is 0.367 e. The molecule has 92 valence electrons. The smallest absolute Gasteiger partial charge is 0.123 e. The van der Waals surface area contributed by atoms with Gasteiger partial charge in [0.2, 0.25) is 0 Å². The summed E-state index contributed by atoms with van der Waals surface area (Å²) < 4.78 is 13.1. The second kappa shape index (κ2) is 4.62. The Bertz CT molecular complexity index is 582. The van der Waals surface area contributed by atoms with E-state index in [1.165, 1.54) is 11.6 Å². The van der Waals surface area contributed by atoms with E-state index in [0.717, 1.165) is 35.8 Å². The molecule has 0 saturated carbocycles. The summed E-state index contributed by atoms with van der Waals surface area (Å²) in [6.07, 6.45) is 0.875. The number of nitrogens with zero attached hydrogens (tertiary/aromatic N) is 1. The lowest BCUT2D eigenvalue weighted by molar-refractivity contribution is 0.619. The zero-order valence-electron chi connectivity index (χ0n) is 9.87. The van der Waals surface area contributed by atoms with Crippen molar-refractivity contribution in [2.75, 3.05) is 11.4 Å². The summed E-state index contributed by atoms with van der Waals surface area (Å²) in [5.41, 5.74) is 3.44. The molecule has 0 fully saturated rings. The molecule has 0 spiro atoms. The van der Waals surface area contributed by atoms with Gasteiger partial charge in [-0.2, -0.15) is 0 Å². The zero-order valence-corrected chi connectivity index (χ0v) is 10.6. The first-order chi connectivity index (χ1) is 8.72. The van der Waals surface area contributed by atoms with E-state index >= 15 is 0 Å². The highest BCUT2D eigenvalue weighted by Gasteiger charge is 2.17. The standard InChI is InChI=1S/C15H13ClFN/c16-13-2-1-3-15(9-13)18-7-6-11-8-14(17)5-4-12(11)10-18/h1-5,8-9H,6-7,10H2. The van der Waals surface area contributed by atoms with E-state index in [4.69, 9.17) is 11.6 Å². The third-order valence-corrected chi connectivity index (χ3v) is 3.59. The maximum atomic E-state index is 13.1. The topological polar surface area (TPSA) is 3.24 Å². The molecule has 0 saturated heterocycles. The first-order valence-electron chi connectivity index (χ1n) is 6.00. The second-order valence-corrected chi connectivity index (χ2v) is 5.00. The number of hydrogen-bond donors (Lipinski definition) is 0. The van der Waals surface area contributed by atoms with E-state index in [9.17, 15) is 4.39 Å². The van der Waals surface area contributed by atoms with Gasteiger partial charge in [-0.1, -0.05) is 23.7 Å². The minimum absolute atomic E-state index is 0.148. The third kappa shape index (κ3) is 2.21. The predicted molar refractivity (Wildman–Crippen MR) is 72.6 cm³/mol. The molecule has 0 radical (unpaired) electrons. The lowest BCUT2D eigenvalue weighted by Gasteiger charge is -2.30. The van der Waals surface area contributed by atoms with Gasteiger partial charge in [-0.25, -0.2) is 4.39 Å². The molecular weight excluding hydrogens is 249 g/mol. The van der Waals surface area contributed by atoms with Crippen LogP contribution in [0.5, 0.6) is 0 Å². The Morgan fingerprint density at radius 2 is 1.94 bits per heavy atom. The molecule has 0 bridgehead atoms. The van der Waals surface area contributed by atoms with Crippen LogP contribution in [0.2, 0.25) is 5.02 Å². The second-order valence-electron chi connectivity index (χ2n) is 4.56. The molecule has 0 N–H and O–H groups in total. The number of benzene rings is 2. The summed E-state index contributed by atoms with van der Waals surface area (Å²) in [4.78, 5) is 2.27. The van der Waals surface area contributed by atoms with Crippen molar-refractivity contribution in [1.82, 2.24) is 0 Å².